The van der Waals surface area contributed by atoms with Crippen LogP contribution in [0, 0.1) is 0 Å². The third-order valence-corrected chi connectivity index (χ3v) is 3.18. The highest BCUT2D eigenvalue weighted by Gasteiger charge is 2.07. The van der Waals surface area contributed by atoms with E-state index in [-0.39, 0.29) is 0 Å². The molecule has 4 nitrogen and oxygen atoms in total. The van der Waals surface area contributed by atoms with E-state index in [1.807, 2.05) is 6.92 Å². The van der Waals surface area contributed by atoms with Gasteiger partial charge in [0.15, 0.2) is 0 Å². The number of hydrogen-bond acceptors (Lipinski definition) is 4. The van der Waals surface area contributed by atoms with E-state index in [0.29, 0.717) is 0 Å². The second-order valence-electron chi connectivity index (χ2n) is 4.97. The molecule has 1 heterocycles. The van der Waals surface area contributed by atoms with Crippen molar-refractivity contribution in [2.24, 2.45) is 0 Å². The SMILES string of the molecule is CCCc1cc(CNCC)cc(N(C)CCOCC)n1. The van der Waals surface area contributed by atoms with Gasteiger partial charge in [0.25, 0.3) is 0 Å². The van der Waals surface area contributed by atoms with E-state index >= 15 is 0 Å². The van der Waals surface area contributed by atoms with E-state index in [1.54, 1.807) is 0 Å². The van der Waals surface area contributed by atoms with Crippen molar-refractivity contribution in [2.45, 2.75) is 40.2 Å². The molecule has 0 aliphatic carbocycles. The zero-order valence-electron chi connectivity index (χ0n) is 13.4. The molecule has 1 N–H and O–H groups in total. The predicted molar refractivity (Wildman–Crippen MR) is 85.4 cm³/mol. The van der Waals surface area contributed by atoms with E-state index in [0.717, 1.165) is 51.5 Å². The summed E-state index contributed by atoms with van der Waals surface area (Å²) in [4.78, 5) is 6.92. The number of rotatable bonds is 10. The molecule has 20 heavy (non-hydrogen) atoms. The molecule has 0 aliphatic heterocycles. The molecule has 0 bridgehead atoms. The highest BCUT2D eigenvalue weighted by molar-refractivity contribution is 5.42. The Balaban J connectivity index is 2.78. The first-order valence-electron chi connectivity index (χ1n) is 7.70. The molecule has 4 heteroatoms. The average Bonchev–Trinajstić information content (AvgIpc) is 2.45. The Morgan fingerprint density at radius 2 is 2.05 bits per heavy atom. The Labute approximate surface area is 123 Å². The molecular weight excluding hydrogens is 250 g/mol. The van der Waals surface area contributed by atoms with Gasteiger partial charge in [-0.25, -0.2) is 4.98 Å². The summed E-state index contributed by atoms with van der Waals surface area (Å²) in [5.41, 5.74) is 2.49. The van der Waals surface area contributed by atoms with E-state index < -0.39 is 0 Å². The highest BCUT2D eigenvalue weighted by Crippen LogP contribution is 2.15. The minimum absolute atomic E-state index is 0.745. The molecule has 0 saturated heterocycles. The maximum Gasteiger partial charge on any atom is 0.128 e. The monoisotopic (exact) mass is 279 g/mol. The van der Waals surface area contributed by atoms with E-state index in [4.69, 9.17) is 9.72 Å². The van der Waals surface area contributed by atoms with Gasteiger partial charge in [-0.2, -0.15) is 0 Å². The van der Waals surface area contributed by atoms with Crippen LogP contribution in [0.1, 0.15) is 38.4 Å². The van der Waals surface area contributed by atoms with Crippen molar-refractivity contribution in [3.63, 3.8) is 0 Å². The van der Waals surface area contributed by atoms with Crippen molar-refractivity contribution < 1.29 is 4.74 Å². The Bertz CT molecular complexity index is 382. The van der Waals surface area contributed by atoms with Crippen LogP contribution in [0.3, 0.4) is 0 Å². The number of nitrogens with one attached hydrogen (secondary N) is 1. The average molecular weight is 279 g/mol. The van der Waals surface area contributed by atoms with E-state index in [9.17, 15) is 0 Å². The van der Waals surface area contributed by atoms with Gasteiger partial charge in [-0.1, -0.05) is 20.3 Å². The van der Waals surface area contributed by atoms with Gasteiger partial charge in [-0.15, -0.1) is 0 Å². The van der Waals surface area contributed by atoms with Gasteiger partial charge < -0.3 is 15.0 Å². The fourth-order valence-electron chi connectivity index (χ4n) is 2.04. The highest BCUT2D eigenvalue weighted by atomic mass is 16.5. The number of aromatic nitrogens is 1. The quantitative estimate of drug-likeness (QED) is 0.668. The van der Waals surface area contributed by atoms with Gasteiger partial charge in [0, 0.05) is 32.4 Å². The Hall–Kier alpha value is -1.13. The molecule has 0 aromatic carbocycles. The van der Waals surface area contributed by atoms with Crippen molar-refractivity contribution in [1.29, 1.82) is 0 Å². The normalized spacial score (nSPS) is 10.8. The number of ether oxygens (including phenoxy) is 1. The van der Waals surface area contributed by atoms with Gasteiger partial charge in [-0.3, -0.25) is 0 Å². The Morgan fingerprint density at radius 1 is 1.25 bits per heavy atom. The van der Waals surface area contributed by atoms with Gasteiger partial charge in [0.2, 0.25) is 0 Å². The van der Waals surface area contributed by atoms with Crippen LogP contribution < -0.4 is 10.2 Å². The topological polar surface area (TPSA) is 37.4 Å². The Kier molecular flexibility index (Phi) is 8.23. The summed E-state index contributed by atoms with van der Waals surface area (Å²) in [5.74, 6) is 1.04. The van der Waals surface area contributed by atoms with Crippen molar-refractivity contribution in [1.82, 2.24) is 10.3 Å². The lowest BCUT2D eigenvalue weighted by Gasteiger charge is -2.20. The summed E-state index contributed by atoms with van der Waals surface area (Å²) in [6.07, 6.45) is 2.16. The molecule has 114 valence electrons. The molecule has 1 rings (SSSR count). The summed E-state index contributed by atoms with van der Waals surface area (Å²) in [7, 11) is 2.08. The van der Waals surface area contributed by atoms with Crippen molar-refractivity contribution in [3.8, 4) is 0 Å². The van der Waals surface area contributed by atoms with E-state index in [2.05, 4.69) is 43.2 Å². The fourth-order valence-corrected chi connectivity index (χ4v) is 2.04. The maximum absolute atomic E-state index is 5.42. The van der Waals surface area contributed by atoms with Crippen molar-refractivity contribution in [2.75, 3.05) is 38.3 Å². The molecule has 0 fully saturated rings. The second-order valence-corrected chi connectivity index (χ2v) is 4.97. The maximum atomic E-state index is 5.42. The largest absolute Gasteiger partial charge is 0.380 e. The summed E-state index contributed by atoms with van der Waals surface area (Å²) in [6.45, 7) is 10.6. The number of nitrogens with zero attached hydrogens (tertiary/aromatic N) is 2. The minimum Gasteiger partial charge on any atom is -0.380 e. The van der Waals surface area contributed by atoms with Crippen LogP contribution in [0.4, 0.5) is 5.82 Å². The second kappa shape index (κ2) is 9.72. The third kappa shape index (κ3) is 5.88. The molecule has 0 aliphatic rings. The standard InChI is InChI=1S/C16H29N3O/c1-5-8-15-11-14(13-17-6-2)12-16(18-15)19(4)9-10-20-7-3/h11-12,17H,5-10,13H2,1-4H3. The van der Waals surface area contributed by atoms with Crippen LogP contribution in [0.25, 0.3) is 0 Å². The first kappa shape index (κ1) is 16.9. The van der Waals surface area contributed by atoms with Crippen molar-refractivity contribution >= 4 is 5.82 Å². The lowest BCUT2D eigenvalue weighted by atomic mass is 10.1. The lowest BCUT2D eigenvalue weighted by molar-refractivity contribution is 0.154. The molecule has 1 aromatic rings. The molecule has 0 unspecified atom stereocenters. The van der Waals surface area contributed by atoms with Crippen LogP contribution in [-0.2, 0) is 17.7 Å². The Morgan fingerprint density at radius 3 is 2.70 bits per heavy atom. The third-order valence-electron chi connectivity index (χ3n) is 3.18. The number of aryl methyl sites for hydroxylation is 1. The molecular formula is C16H29N3O. The van der Waals surface area contributed by atoms with Crippen LogP contribution in [0.2, 0.25) is 0 Å². The van der Waals surface area contributed by atoms with Gasteiger partial charge in [0.1, 0.15) is 5.82 Å². The smallest absolute Gasteiger partial charge is 0.128 e. The van der Waals surface area contributed by atoms with E-state index in [1.165, 1.54) is 11.3 Å². The first-order valence-corrected chi connectivity index (χ1v) is 7.70. The van der Waals surface area contributed by atoms with Crippen LogP contribution in [0.5, 0.6) is 0 Å². The minimum atomic E-state index is 0.745. The summed E-state index contributed by atoms with van der Waals surface area (Å²) in [6, 6.07) is 4.39. The number of hydrogen-bond donors (Lipinski definition) is 1. The van der Waals surface area contributed by atoms with Crippen LogP contribution in [-0.4, -0.2) is 38.3 Å². The van der Waals surface area contributed by atoms with Gasteiger partial charge >= 0.3 is 0 Å². The molecule has 0 radical (unpaired) electrons. The molecule has 0 saturated carbocycles. The zero-order valence-corrected chi connectivity index (χ0v) is 13.4. The first-order chi connectivity index (χ1) is 9.71. The molecule has 1 aromatic heterocycles. The number of likely N-dealkylation sites (N-methyl/N-ethyl adjacent to an activating group) is 1. The molecule has 0 atom stereocenters. The predicted octanol–water partition coefficient (Wildman–Crippen LogP) is 2.62. The summed E-state index contributed by atoms with van der Waals surface area (Å²) < 4.78 is 5.42. The molecule has 0 spiro atoms. The van der Waals surface area contributed by atoms with Gasteiger partial charge in [-0.05, 0) is 37.6 Å². The lowest BCUT2D eigenvalue weighted by Crippen LogP contribution is -2.24. The zero-order chi connectivity index (χ0) is 14.8. The van der Waals surface area contributed by atoms with Crippen molar-refractivity contribution in [3.05, 3.63) is 23.4 Å². The number of anilines is 1. The van der Waals surface area contributed by atoms with Gasteiger partial charge in [0.05, 0.1) is 6.61 Å². The van der Waals surface area contributed by atoms with Crippen LogP contribution in [0.15, 0.2) is 12.1 Å². The fraction of sp³-hybridized carbons (Fsp3) is 0.688. The van der Waals surface area contributed by atoms with Crippen LogP contribution >= 0.6 is 0 Å². The summed E-state index contributed by atoms with van der Waals surface area (Å²) >= 11 is 0. The summed E-state index contributed by atoms with van der Waals surface area (Å²) in [5, 5.41) is 3.38. The number of pyridine rings is 1. The molecule has 0 amide bonds.